The lowest BCUT2D eigenvalue weighted by Crippen LogP contribution is -2.38. The third kappa shape index (κ3) is 5.72. The number of rotatable bonds is 10. The maximum Gasteiger partial charge on any atom is 0.265 e. The summed E-state index contributed by atoms with van der Waals surface area (Å²) in [6, 6.07) is 13.4. The molecule has 192 valence electrons. The molecular weight excluding hydrogens is 531 g/mol. The van der Waals surface area contributed by atoms with Crippen molar-refractivity contribution in [1.82, 2.24) is 0 Å². The van der Waals surface area contributed by atoms with Crippen molar-refractivity contribution in [2.75, 3.05) is 44.6 Å². The zero-order valence-electron chi connectivity index (χ0n) is 19.9. The van der Waals surface area contributed by atoms with Crippen LogP contribution in [0, 0.1) is 0 Å². The molecule has 36 heavy (non-hydrogen) atoms. The van der Waals surface area contributed by atoms with E-state index in [0.29, 0.717) is 11.5 Å². The Labute approximate surface area is 219 Å². The minimum Gasteiger partial charge on any atom is -0.497 e. The van der Waals surface area contributed by atoms with Gasteiger partial charge in [-0.2, -0.15) is 0 Å². The van der Waals surface area contributed by atoms with Gasteiger partial charge in [0.05, 0.1) is 54.8 Å². The summed E-state index contributed by atoms with van der Waals surface area (Å²) in [6.07, 6.45) is 0. The molecule has 3 aromatic rings. The molecule has 0 saturated heterocycles. The first-order chi connectivity index (χ1) is 17.2. The monoisotopic (exact) mass is 554 g/mol. The van der Waals surface area contributed by atoms with Crippen LogP contribution in [0.1, 0.15) is 0 Å². The lowest BCUT2D eigenvalue weighted by molar-refractivity contribution is -0.114. The Morgan fingerprint density at radius 1 is 0.833 bits per heavy atom. The van der Waals surface area contributed by atoms with Crippen molar-refractivity contribution in [3.63, 3.8) is 0 Å². The van der Waals surface area contributed by atoms with Crippen molar-refractivity contribution in [2.24, 2.45) is 0 Å². The molecule has 0 aliphatic carbocycles. The van der Waals surface area contributed by atoms with E-state index in [1.165, 1.54) is 58.8 Å². The Morgan fingerprint density at radius 3 is 2.03 bits per heavy atom. The topological polar surface area (TPSA) is 103 Å². The molecule has 0 radical (unpaired) electrons. The summed E-state index contributed by atoms with van der Waals surface area (Å²) in [4.78, 5) is 13.0. The molecule has 0 fully saturated rings. The largest absolute Gasteiger partial charge is 0.497 e. The molecule has 0 unspecified atom stereocenters. The second-order valence-electron chi connectivity index (χ2n) is 7.21. The Balaban J connectivity index is 2.12. The quantitative estimate of drug-likeness (QED) is 0.381. The van der Waals surface area contributed by atoms with Gasteiger partial charge in [0.2, 0.25) is 5.91 Å². The first-order valence-electron chi connectivity index (χ1n) is 10.4. The number of sulfonamides is 1. The summed E-state index contributed by atoms with van der Waals surface area (Å²) >= 11 is 12.3. The van der Waals surface area contributed by atoms with E-state index >= 15 is 0 Å². The lowest BCUT2D eigenvalue weighted by atomic mass is 10.2. The second-order valence-corrected chi connectivity index (χ2v) is 9.89. The van der Waals surface area contributed by atoms with Gasteiger partial charge in [-0.1, -0.05) is 29.3 Å². The highest BCUT2D eigenvalue weighted by Crippen LogP contribution is 2.38. The van der Waals surface area contributed by atoms with Gasteiger partial charge < -0.3 is 24.3 Å². The number of nitrogens with one attached hydrogen (secondary N) is 1. The number of methoxy groups -OCH3 is 4. The van der Waals surface area contributed by atoms with Gasteiger partial charge in [-0.05, 0) is 36.4 Å². The first kappa shape index (κ1) is 27.3. The Hall–Kier alpha value is -3.34. The predicted molar refractivity (Wildman–Crippen MR) is 139 cm³/mol. The van der Waals surface area contributed by atoms with E-state index in [9.17, 15) is 13.2 Å². The van der Waals surface area contributed by atoms with E-state index in [1.54, 1.807) is 24.3 Å². The van der Waals surface area contributed by atoms with Crippen LogP contribution in [-0.2, 0) is 14.8 Å². The molecule has 12 heteroatoms. The van der Waals surface area contributed by atoms with Crippen LogP contribution in [-0.4, -0.2) is 49.3 Å². The van der Waals surface area contributed by atoms with Crippen molar-refractivity contribution < 1.29 is 32.2 Å². The highest BCUT2D eigenvalue weighted by atomic mass is 35.5. The maximum absolute atomic E-state index is 13.9. The number of anilines is 2. The van der Waals surface area contributed by atoms with Crippen molar-refractivity contribution in [2.45, 2.75) is 4.90 Å². The number of benzene rings is 3. The number of amides is 1. The molecule has 1 amide bonds. The number of hydrogen-bond acceptors (Lipinski definition) is 7. The minimum absolute atomic E-state index is 0.0760. The van der Waals surface area contributed by atoms with E-state index in [1.807, 2.05) is 0 Å². The third-order valence-electron chi connectivity index (χ3n) is 5.11. The van der Waals surface area contributed by atoms with Crippen LogP contribution < -0.4 is 28.6 Å². The molecule has 3 rings (SSSR count). The molecule has 0 bridgehead atoms. The van der Waals surface area contributed by atoms with E-state index in [-0.39, 0.29) is 37.8 Å². The smallest absolute Gasteiger partial charge is 0.265 e. The number of carbonyl (C=O) groups excluding carboxylic acids is 1. The van der Waals surface area contributed by atoms with Crippen LogP contribution in [0.15, 0.2) is 59.5 Å². The Kier molecular flexibility index (Phi) is 8.78. The summed E-state index contributed by atoms with van der Waals surface area (Å²) < 4.78 is 49.8. The van der Waals surface area contributed by atoms with Gasteiger partial charge in [0.1, 0.15) is 18.0 Å². The zero-order valence-corrected chi connectivity index (χ0v) is 22.2. The number of para-hydroxylation sites is 1. The van der Waals surface area contributed by atoms with Crippen LogP contribution in [0.4, 0.5) is 11.4 Å². The fourth-order valence-corrected chi connectivity index (χ4v) is 5.25. The van der Waals surface area contributed by atoms with Crippen LogP contribution in [0.3, 0.4) is 0 Å². The summed E-state index contributed by atoms with van der Waals surface area (Å²) in [5, 5.41) is 2.98. The molecule has 0 atom stereocenters. The summed E-state index contributed by atoms with van der Waals surface area (Å²) in [5.74, 6) is 0.395. The molecule has 1 N–H and O–H groups in total. The summed E-state index contributed by atoms with van der Waals surface area (Å²) in [6.45, 7) is -0.637. The number of carbonyl (C=O) groups is 1. The SMILES string of the molecule is COc1ccc(OC)c(N(CC(=O)Nc2c(Cl)cccc2Cl)S(=O)(=O)c2ccc(OC)c(OC)c2)c1. The van der Waals surface area contributed by atoms with Crippen LogP contribution >= 0.6 is 23.2 Å². The number of ether oxygens (including phenoxy) is 4. The summed E-state index contributed by atoms with van der Waals surface area (Å²) in [5.41, 5.74) is 0.235. The third-order valence-corrected chi connectivity index (χ3v) is 7.50. The molecule has 0 spiro atoms. The zero-order chi connectivity index (χ0) is 26.5. The van der Waals surface area contributed by atoms with Gasteiger partial charge >= 0.3 is 0 Å². The van der Waals surface area contributed by atoms with Crippen molar-refractivity contribution in [3.05, 3.63) is 64.6 Å². The predicted octanol–water partition coefficient (Wildman–Crippen LogP) is 4.86. The van der Waals surface area contributed by atoms with E-state index < -0.39 is 22.5 Å². The normalized spacial score (nSPS) is 10.9. The average molecular weight is 555 g/mol. The molecule has 0 aliphatic rings. The Morgan fingerprint density at radius 2 is 1.44 bits per heavy atom. The van der Waals surface area contributed by atoms with Gasteiger partial charge in [-0.25, -0.2) is 8.42 Å². The first-order valence-corrected chi connectivity index (χ1v) is 12.6. The molecule has 0 aromatic heterocycles. The fraction of sp³-hybridized carbons (Fsp3) is 0.208. The molecule has 9 nitrogen and oxygen atoms in total. The van der Waals surface area contributed by atoms with Gasteiger partial charge in [-0.15, -0.1) is 0 Å². The van der Waals surface area contributed by atoms with Crippen LogP contribution in [0.25, 0.3) is 0 Å². The minimum atomic E-state index is -4.34. The van der Waals surface area contributed by atoms with Crippen molar-refractivity contribution in [3.8, 4) is 23.0 Å². The molecule has 3 aromatic carbocycles. The average Bonchev–Trinajstić information content (AvgIpc) is 2.88. The van der Waals surface area contributed by atoms with Crippen molar-refractivity contribution >= 4 is 50.5 Å². The van der Waals surface area contributed by atoms with Crippen LogP contribution in [0.5, 0.6) is 23.0 Å². The number of hydrogen-bond donors (Lipinski definition) is 1. The second kappa shape index (κ2) is 11.6. The highest BCUT2D eigenvalue weighted by molar-refractivity contribution is 7.92. The molecule has 0 saturated carbocycles. The van der Waals surface area contributed by atoms with Gasteiger partial charge in [0, 0.05) is 12.1 Å². The van der Waals surface area contributed by atoms with Gasteiger partial charge in [0.25, 0.3) is 10.0 Å². The van der Waals surface area contributed by atoms with E-state index in [2.05, 4.69) is 5.32 Å². The maximum atomic E-state index is 13.9. The molecule has 0 aliphatic heterocycles. The summed E-state index contributed by atoms with van der Waals surface area (Å²) in [7, 11) is 1.30. The van der Waals surface area contributed by atoms with Crippen LogP contribution in [0.2, 0.25) is 10.0 Å². The van der Waals surface area contributed by atoms with E-state index in [4.69, 9.17) is 42.1 Å². The van der Waals surface area contributed by atoms with Gasteiger partial charge in [0.15, 0.2) is 11.5 Å². The number of halogens is 2. The van der Waals surface area contributed by atoms with Gasteiger partial charge in [-0.3, -0.25) is 9.10 Å². The highest BCUT2D eigenvalue weighted by Gasteiger charge is 2.31. The molecule has 0 heterocycles. The standard InChI is InChI=1S/C24H24Cl2N2O7S/c1-32-15-8-10-20(33-2)19(12-15)28(14-23(29)27-24-17(25)6-5-7-18(24)26)36(30,31)16-9-11-21(34-3)22(13-16)35-4/h5-13H,14H2,1-4H3,(H,27,29). The fourth-order valence-electron chi connectivity index (χ4n) is 3.32. The van der Waals surface area contributed by atoms with E-state index in [0.717, 1.165) is 4.31 Å². The lowest BCUT2D eigenvalue weighted by Gasteiger charge is -2.26. The van der Waals surface area contributed by atoms with Crippen molar-refractivity contribution in [1.29, 1.82) is 0 Å². The Bertz CT molecular complexity index is 1350. The molecular formula is C24H24Cl2N2O7S. The number of nitrogens with zero attached hydrogens (tertiary/aromatic N) is 1.